The molecule has 4 N–H and O–H groups in total. The largest absolute Gasteiger partial charge is 0.464 e. The highest BCUT2D eigenvalue weighted by Crippen LogP contribution is 2.07. The molecule has 1 unspecified atom stereocenters. The number of ketones is 1. The maximum atomic E-state index is 12.8. The predicted octanol–water partition coefficient (Wildman–Crippen LogP) is -0.285. The Morgan fingerprint density at radius 1 is 0.968 bits per heavy atom. The van der Waals surface area contributed by atoms with E-state index in [9.17, 15) is 24.0 Å². The molecule has 0 saturated heterocycles. The van der Waals surface area contributed by atoms with Crippen LogP contribution in [-0.2, 0) is 33.4 Å². The van der Waals surface area contributed by atoms with Crippen molar-refractivity contribution in [3.63, 3.8) is 0 Å². The molecule has 3 amide bonds. The Hall–Kier alpha value is -2.82. The lowest BCUT2D eigenvalue weighted by Gasteiger charge is -2.25. The Labute approximate surface area is 182 Å². The summed E-state index contributed by atoms with van der Waals surface area (Å²) in [4.78, 5) is 60.6. The molecule has 0 bridgehead atoms. The average Bonchev–Trinajstić information content (AvgIpc) is 2.69. The molecule has 0 aliphatic heterocycles. The van der Waals surface area contributed by atoms with E-state index in [0.29, 0.717) is 12.6 Å². The van der Waals surface area contributed by atoms with Crippen molar-refractivity contribution in [1.29, 1.82) is 5.41 Å². The minimum Gasteiger partial charge on any atom is -0.464 e. The van der Waals surface area contributed by atoms with Crippen LogP contribution in [0.3, 0.4) is 0 Å². The van der Waals surface area contributed by atoms with Gasteiger partial charge in [-0.25, -0.2) is 4.79 Å². The third-order valence-corrected chi connectivity index (χ3v) is 4.10. The molecule has 0 radical (unpaired) electrons. The molecule has 176 valence electrons. The highest BCUT2D eigenvalue weighted by atomic mass is 16.5. The van der Waals surface area contributed by atoms with Gasteiger partial charge in [0, 0.05) is 20.5 Å². The summed E-state index contributed by atoms with van der Waals surface area (Å²) in [6.45, 7) is 6.62. The topological polar surface area (TPSA) is 164 Å². The van der Waals surface area contributed by atoms with Crippen molar-refractivity contribution < 1.29 is 33.4 Å². The number of amides is 3. The fourth-order valence-corrected chi connectivity index (χ4v) is 2.70. The van der Waals surface area contributed by atoms with E-state index in [0.717, 1.165) is 0 Å². The molecule has 3 atom stereocenters. The summed E-state index contributed by atoms with van der Waals surface area (Å²) in [6, 6.07) is -3.14. The first-order valence-corrected chi connectivity index (χ1v) is 10.1. The molecule has 0 aromatic carbocycles. The van der Waals surface area contributed by atoms with Crippen LogP contribution < -0.4 is 16.0 Å². The minimum absolute atomic E-state index is 0.0873. The molecule has 0 fully saturated rings. The SMILES string of the molecule is CCOC(=O)C(COC)NC(=O)[C@H](CCC(=O)C=N)NC(=O)[C@H](CC(C)C)NC(C)=O. The molecular weight excluding hydrogens is 408 g/mol. The van der Waals surface area contributed by atoms with Crippen LogP contribution in [0.15, 0.2) is 0 Å². The lowest BCUT2D eigenvalue weighted by atomic mass is 10.0. The second-order valence-electron chi connectivity index (χ2n) is 7.36. The van der Waals surface area contributed by atoms with E-state index in [2.05, 4.69) is 16.0 Å². The summed E-state index contributed by atoms with van der Waals surface area (Å²) < 4.78 is 9.85. The zero-order valence-electron chi connectivity index (χ0n) is 18.8. The van der Waals surface area contributed by atoms with Gasteiger partial charge in [0.2, 0.25) is 17.7 Å². The van der Waals surface area contributed by atoms with Gasteiger partial charge in [-0.1, -0.05) is 13.8 Å². The van der Waals surface area contributed by atoms with Crippen molar-refractivity contribution in [1.82, 2.24) is 16.0 Å². The van der Waals surface area contributed by atoms with E-state index >= 15 is 0 Å². The van der Waals surface area contributed by atoms with Crippen LogP contribution in [0.1, 0.15) is 47.0 Å². The molecule has 31 heavy (non-hydrogen) atoms. The highest BCUT2D eigenvalue weighted by molar-refractivity contribution is 6.26. The third kappa shape index (κ3) is 11.8. The summed E-state index contributed by atoms with van der Waals surface area (Å²) in [7, 11) is 1.35. The first kappa shape index (κ1) is 28.2. The molecule has 0 aromatic rings. The Morgan fingerprint density at radius 2 is 1.55 bits per heavy atom. The Bertz CT molecular complexity index is 651. The fourth-order valence-electron chi connectivity index (χ4n) is 2.70. The normalized spacial score (nSPS) is 13.5. The monoisotopic (exact) mass is 442 g/mol. The Balaban J connectivity index is 5.49. The molecule has 0 spiro atoms. The fraction of sp³-hybridized carbons (Fsp3) is 0.700. The lowest BCUT2D eigenvalue weighted by molar-refractivity contribution is -0.149. The van der Waals surface area contributed by atoms with Crippen molar-refractivity contribution in [3.05, 3.63) is 0 Å². The maximum Gasteiger partial charge on any atom is 0.331 e. The van der Waals surface area contributed by atoms with Crippen molar-refractivity contribution in [2.45, 2.75) is 65.1 Å². The summed E-state index contributed by atoms with van der Waals surface area (Å²) in [5.41, 5.74) is 0. The highest BCUT2D eigenvalue weighted by Gasteiger charge is 2.30. The smallest absolute Gasteiger partial charge is 0.331 e. The van der Waals surface area contributed by atoms with Gasteiger partial charge in [0.05, 0.1) is 19.4 Å². The maximum absolute atomic E-state index is 12.8. The second kappa shape index (κ2) is 15.1. The molecule has 11 nitrogen and oxygen atoms in total. The number of esters is 1. The van der Waals surface area contributed by atoms with Gasteiger partial charge in [0.25, 0.3) is 0 Å². The third-order valence-electron chi connectivity index (χ3n) is 4.10. The van der Waals surface area contributed by atoms with E-state index in [1.807, 2.05) is 13.8 Å². The van der Waals surface area contributed by atoms with Crippen LogP contribution >= 0.6 is 0 Å². The average molecular weight is 443 g/mol. The number of Topliss-reactive ketones (excluding diaryl/α,β-unsaturated/α-hetero) is 1. The summed E-state index contributed by atoms with van der Waals surface area (Å²) in [6.07, 6.45) is 0.713. The molecule has 0 rings (SSSR count). The van der Waals surface area contributed by atoms with Gasteiger partial charge in [0.15, 0.2) is 11.8 Å². The van der Waals surface area contributed by atoms with E-state index < -0.39 is 47.6 Å². The van der Waals surface area contributed by atoms with E-state index in [-0.39, 0.29) is 32.0 Å². The Kier molecular flexibility index (Phi) is 13.7. The molecule has 0 saturated carbocycles. The van der Waals surface area contributed by atoms with Crippen molar-refractivity contribution in [2.24, 2.45) is 5.92 Å². The van der Waals surface area contributed by atoms with Crippen molar-refractivity contribution >= 4 is 35.7 Å². The van der Waals surface area contributed by atoms with Crippen molar-refractivity contribution in [2.75, 3.05) is 20.3 Å². The van der Waals surface area contributed by atoms with Gasteiger partial charge < -0.3 is 30.8 Å². The number of carbonyl (C=O) groups is 5. The van der Waals surface area contributed by atoms with E-state index in [4.69, 9.17) is 14.9 Å². The number of carbonyl (C=O) groups excluding carboxylic acids is 5. The number of ether oxygens (including phenoxy) is 2. The molecule has 11 heteroatoms. The number of nitrogens with one attached hydrogen (secondary N) is 4. The van der Waals surface area contributed by atoms with E-state index in [1.165, 1.54) is 14.0 Å². The standard InChI is InChI=1S/C20H34N4O7/c1-6-31-20(29)17(11-30-5)24-18(27)15(8-7-14(26)10-21)23-19(28)16(9-12(2)3)22-13(4)25/h10,12,15-17,21H,6-9,11H2,1-5H3,(H,22,25)(H,23,28)(H,24,27)/t15-,16-,17?/m0/s1. The molecular formula is C20H34N4O7. The number of rotatable bonds is 15. The van der Waals surface area contributed by atoms with Gasteiger partial charge >= 0.3 is 5.97 Å². The van der Waals surface area contributed by atoms with Crippen LogP contribution in [-0.4, -0.2) is 74.1 Å². The quantitative estimate of drug-likeness (QED) is 0.200. The number of hydrogen-bond donors (Lipinski definition) is 4. The summed E-state index contributed by atoms with van der Waals surface area (Å²) >= 11 is 0. The summed E-state index contributed by atoms with van der Waals surface area (Å²) in [5, 5.41) is 14.6. The van der Waals surface area contributed by atoms with Gasteiger partial charge in [-0.05, 0) is 25.7 Å². The van der Waals surface area contributed by atoms with Crippen LogP contribution in [0, 0.1) is 11.3 Å². The lowest BCUT2D eigenvalue weighted by Crippen LogP contribution is -2.56. The zero-order chi connectivity index (χ0) is 24.0. The zero-order valence-corrected chi connectivity index (χ0v) is 18.8. The number of methoxy groups -OCH3 is 1. The van der Waals surface area contributed by atoms with Crippen LogP contribution in [0.25, 0.3) is 0 Å². The van der Waals surface area contributed by atoms with Crippen LogP contribution in [0.2, 0.25) is 0 Å². The first-order valence-electron chi connectivity index (χ1n) is 10.1. The van der Waals surface area contributed by atoms with Crippen LogP contribution in [0.5, 0.6) is 0 Å². The number of hydrogen-bond acceptors (Lipinski definition) is 8. The van der Waals surface area contributed by atoms with Gasteiger partial charge in [-0.2, -0.15) is 0 Å². The van der Waals surface area contributed by atoms with Gasteiger partial charge in [0.1, 0.15) is 12.1 Å². The minimum atomic E-state index is -1.17. The molecule has 0 aliphatic carbocycles. The van der Waals surface area contributed by atoms with Gasteiger partial charge in [-0.15, -0.1) is 0 Å². The molecule has 0 aromatic heterocycles. The second-order valence-corrected chi connectivity index (χ2v) is 7.36. The Morgan fingerprint density at radius 3 is 2.03 bits per heavy atom. The van der Waals surface area contributed by atoms with Crippen molar-refractivity contribution in [3.8, 4) is 0 Å². The summed E-state index contributed by atoms with van der Waals surface area (Å²) in [5.74, 6) is -2.84. The molecule has 0 heterocycles. The van der Waals surface area contributed by atoms with Gasteiger partial charge in [-0.3, -0.25) is 19.2 Å². The van der Waals surface area contributed by atoms with E-state index in [1.54, 1.807) is 6.92 Å². The predicted molar refractivity (Wildman–Crippen MR) is 112 cm³/mol. The van der Waals surface area contributed by atoms with Crippen LogP contribution in [0.4, 0.5) is 0 Å². The molecule has 0 aliphatic rings. The first-order chi connectivity index (χ1) is 14.5.